The van der Waals surface area contributed by atoms with Crippen molar-refractivity contribution in [1.29, 1.82) is 0 Å². The van der Waals surface area contributed by atoms with Crippen LogP contribution >= 0.6 is 0 Å². The van der Waals surface area contributed by atoms with Gasteiger partial charge in [0, 0.05) is 30.1 Å². The monoisotopic (exact) mass is 364 g/mol. The predicted molar refractivity (Wildman–Crippen MR) is 107 cm³/mol. The third-order valence-corrected chi connectivity index (χ3v) is 4.50. The van der Waals surface area contributed by atoms with Crippen LogP contribution in [0.5, 0.6) is 5.75 Å². The summed E-state index contributed by atoms with van der Waals surface area (Å²) < 4.78 is 7.11. The number of hydrogen-bond acceptors (Lipinski definition) is 3. The van der Waals surface area contributed by atoms with Gasteiger partial charge in [0.05, 0.1) is 25.0 Å². The number of hydrogen-bond donors (Lipinski definition) is 1. The molecule has 0 saturated heterocycles. The second-order valence-electron chi connectivity index (χ2n) is 6.41. The van der Waals surface area contributed by atoms with Gasteiger partial charge in [-0.1, -0.05) is 24.3 Å². The molecular weight excluding hydrogens is 340 g/mol. The first-order chi connectivity index (χ1) is 13.0. The molecule has 140 valence electrons. The van der Waals surface area contributed by atoms with E-state index >= 15 is 0 Å². The Morgan fingerprint density at radius 1 is 1.15 bits per heavy atom. The molecule has 0 aliphatic carbocycles. The van der Waals surface area contributed by atoms with E-state index in [2.05, 4.69) is 10.4 Å². The highest BCUT2D eigenvalue weighted by molar-refractivity contribution is 5.89. The number of para-hydroxylation sites is 1. The van der Waals surface area contributed by atoms with Crippen LogP contribution in [0.15, 0.2) is 54.6 Å². The Morgan fingerprint density at radius 2 is 1.89 bits per heavy atom. The Labute approximate surface area is 159 Å². The first-order valence-corrected chi connectivity index (χ1v) is 8.76. The van der Waals surface area contributed by atoms with Gasteiger partial charge in [-0.15, -0.1) is 0 Å². The van der Waals surface area contributed by atoms with Crippen LogP contribution in [-0.2, 0) is 6.54 Å². The van der Waals surface area contributed by atoms with Crippen LogP contribution in [0.25, 0.3) is 5.69 Å². The van der Waals surface area contributed by atoms with Crippen molar-refractivity contribution in [1.82, 2.24) is 14.7 Å². The van der Waals surface area contributed by atoms with Crippen LogP contribution in [0.2, 0.25) is 0 Å². The molecular formula is C21H24N4O2. The number of methoxy groups -OCH3 is 1. The summed E-state index contributed by atoms with van der Waals surface area (Å²) in [5.41, 5.74) is 4.69. The Morgan fingerprint density at radius 3 is 2.59 bits per heavy atom. The van der Waals surface area contributed by atoms with Crippen molar-refractivity contribution in [3.8, 4) is 11.4 Å². The number of amides is 2. The lowest BCUT2D eigenvalue weighted by Gasteiger charge is -2.18. The van der Waals surface area contributed by atoms with E-state index < -0.39 is 0 Å². The lowest BCUT2D eigenvalue weighted by molar-refractivity contribution is 0.220. The third-order valence-electron chi connectivity index (χ3n) is 4.50. The number of urea groups is 1. The number of ether oxygens (including phenoxy) is 1. The summed E-state index contributed by atoms with van der Waals surface area (Å²) in [6.45, 7) is 4.46. The van der Waals surface area contributed by atoms with Crippen molar-refractivity contribution in [2.45, 2.75) is 20.4 Å². The highest BCUT2D eigenvalue weighted by atomic mass is 16.5. The number of carbonyl (C=O) groups is 1. The maximum absolute atomic E-state index is 12.6. The lowest BCUT2D eigenvalue weighted by Crippen LogP contribution is -2.31. The van der Waals surface area contributed by atoms with E-state index in [0.29, 0.717) is 18.0 Å². The second kappa shape index (κ2) is 7.95. The maximum atomic E-state index is 12.6. The molecule has 0 aliphatic rings. The highest BCUT2D eigenvalue weighted by Crippen LogP contribution is 2.20. The molecule has 6 heteroatoms. The molecule has 1 N–H and O–H groups in total. The molecule has 2 amide bonds. The van der Waals surface area contributed by atoms with Gasteiger partial charge in [-0.3, -0.25) is 0 Å². The first-order valence-electron chi connectivity index (χ1n) is 8.76. The van der Waals surface area contributed by atoms with Crippen LogP contribution in [0.1, 0.15) is 17.0 Å². The number of nitrogens with one attached hydrogen (secondary N) is 1. The Kier molecular flexibility index (Phi) is 5.45. The Balaban J connectivity index is 1.74. The average molecular weight is 364 g/mol. The maximum Gasteiger partial charge on any atom is 0.321 e. The first kappa shape index (κ1) is 18.5. The molecule has 0 unspecified atom stereocenters. The van der Waals surface area contributed by atoms with E-state index in [4.69, 9.17) is 4.74 Å². The van der Waals surface area contributed by atoms with Crippen LogP contribution in [0, 0.1) is 13.8 Å². The third kappa shape index (κ3) is 4.11. The van der Waals surface area contributed by atoms with Gasteiger partial charge in [0.15, 0.2) is 0 Å². The molecule has 0 atom stereocenters. The largest absolute Gasteiger partial charge is 0.497 e. The smallest absolute Gasteiger partial charge is 0.321 e. The molecule has 0 aliphatic heterocycles. The van der Waals surface area contributed by atoms with Gasteiger partial charge in [0.25, 0.3) is 0 Å². The standard InChI is InChI=1S/C21H24N4O2/c1-15-20(16(2)25(23-15)18-10-6-5-7-11-18)14-24(3)21(26)22-17-9-8-12-19(13-17)27-4/h5-13H,14H2,1-4H3,(H,22,26). The van der Waals surface area contributed by atoms with E-state index in [1.165, 1.54) is 0 Å². The van der Waals surface area contributed by atoms with E-state index in [1.54, 1.807) is 25.1 Å². The van der Waals surface area contributed by atoms with Gasteiger partial charge >= 0.3 is 6.03 Å². The number of aromatic nitrogens is 2. The quantitative estimate of drug-likeness (QED) is 0.739. The molecule has 6 nitrogen and oxygen atoms in total. The summed E-state index contributed by atoms with van der Waals surface area (Å²) in [7, 11) is 3.37. The van der Waals surface area contributed by atoms with Gasteiger partial charge < -0.3 is 15.0 Å². The molecule has 0 radical (unpaired) electrons. The number of aryl methyl sites for hydroxylation is 1. The molecule has 0 bridgehead atoms. The van der Waals surface area contributed by atoms with Crippen molar-refractivity contribution in [3.63, 3.8) is 0 Å². The van der Waals surface area contributed by atoms with Crippen molar-refractivity contribution in [2.75, 3.05) is 19.5 Å². The van der Waals surface area contributed by atoms with Crippen molar-refractivity contribution in [3.05, 3.63) is 71.5 Å². The minimum absolute atomic E-state index is 0.186. The van der Waals surface area contributed by atoms with Gasteiger partial charge in [-0.25, -0.2) is 9.48 Å². The van der Waals surface area contributed by atoms with Gasteiger partial charge in [0.2, 0.25) is 0 Å². The van der Waals surface area contributed by atoms with Crippen LogP contribution < -0.4 is 10.1 Å². The van der Waals surface area contributed by atoms with Gasteiger partial charge in [-0.05, 0) is 38.1 Å². The minimum Gasteiger partial charge on any atom is -0.497 e. The number of anilines is 1. The fourth-order valence-corrected chi connectivity index (χ4v) is 2.95. The predicted octanol–water partition coefficient (Wildman–Crippen LogP) is 4.16. The molecule has 0 saturated carbocycles. The molecule has 3 rings (SSSR count). The summed E-state index contributed by atoms with van der Waals surface area (Å²) >= 11 is 0. The van der Waals surface area contributed by atoms with E-state index in [0.717, 1.165) is 22.6 Å². The van der Waals surface area contributed by atoms with Gasteiger partial charge in [0.1, 0.15) is 5.75 Å². The second-order valence-corrected chi connectivity index (χ2v) is 6.41. The summed E-state index contributed by atoms with van der Waals surface area (Å²) in [4.78, 5) is 14.2. The fraction of sp³-hybridized carbons (Fsp3) is 0.238. The number of carbonyl (C=O) groups excluding carboxylic acids is 1. The molecule has 0 spiro atoms. The molecule has 0 fully saturated rings. The zero-order valence-corrected chi connectivity index (χ0v) is 16.1. The summed E-state index contributed by atoms with van der Waals surface area (Å²) in [6.07, 6.45) is 0. The van der Waals surface area contributed by atoms with E-state index in [9.17, 15) is 4.79 Å². The SMILES string of the molecule is COc1cccc(NC(=O)N(C)Cc2c(C)nn(-c3ccccc3)c2C)c1. The van der Waals surface area contributed by atoms with E-state index in [-0.39, 0.29) is 6.03 Å². The summed E-state index contributed by atoms with van der Waals surface area (Å²) in [6, 6.07) is 17.1. The molecule has 2 aromatic carbocycles. The van der Waals surface area contributed by atoms with Crippen LogP contribution in [0.3, 0.4) is 0 Å². The zero-order chi connectivity index (χ0) is 19.4. The minimum atomic E-state index is -0.186. The number of benzene rings is 2. The fourth-order valence-electron chi connectivity index (χ4n) is 2.95. The number of rotatable bonds is 5. The summed E-state index contributed by atoms with van der Waals surface area (Å²) in [5, 5.41) is 7.54. The van der Waals surface area contributed by atoms with Crippen LogP contribution in [-0.4, -0.2) is 34.9 Å². The Bertz CT molecular complexity index is 935. The van der Waals surface area contributed by atoms with Crippen molar-refractivity contribution >= 4 is 11.7 Å². The van der Waals surface area contributed by atoms with Crippen molar-refractivity contribution < 1.29 is 9.53 Å². The molecule has 1 aromatic heterocycles. The normalized spacial score (nSPS) is 10.5. The lowest BCUT2D eigenvalue weighted by atomic mass is 10.2. The Hall–Kier alpha value is -3.28. The van der Waals surface area contributed by atoms with Crippen molar-refractivity contribution in [2.24, 2.45) is 0 Å². The number of nitrogens with zero attached hydrogens (tertiary/aromatic N) is 3. The topological polar surface area (TPSA) is 59.4 Å². The molecule has 3 aromatic rings. The summed E-state index contributed by atoms with van der Waals surface area (Å²) in [5.74, 6) is 0.700. The van der Waals surface area contributed by atoms with Crippen LogP contribution in [0.4, 0.5) is 10.5 Å². The van der Waals surface area contributed by atoms with Gasteiger partial charge in [-0.2, -0.15) is 5.10 Å². The zero-order valence-electron chi connectivity index (χ0n) is 16.1. The molecule has 27 heavy (non-hydrogen) atoms. The highest BCUT2D eigenvalue weighted by Gasteiger charge is 2.17. The average Bonchev–Trinajstić information content (AvgIpc) is 2.97. The van der Waals surface area contributed by atoms with E-state index in [1.807, 2.05) is 67.1 Å². The molecule has 1 heterocycles.